The number of carbonyl (C=O) groups excluding carboxylic acids is 1. The molecule has 1 amide bonds. The molecule has 0 aliphatic carbocycles. The van der Waals surface area contributed by atoms with Gasteiger partial charge < -0.3 is 10.1 Å². The van der Waals surface area contributed by atoms with Crippen LogP contribution in [0.25, 0.3) is 0 Å². The maximum absolute atomic E-state index is 10.7. The highest BCUT2D eigenvalue weighted by Crippen LogP contribution is 2.20. The van der Waals surface area contributed by atoms with Crippen LogP contribution in [0.4, 0.5) is 4.79 Å². The summed E-state index contributed by atoms with van der Waals surface area (Å²) < 4.78 is 5.66. The molecule has 1 N–H and O–H groups in total. The zero-order valence-electron chi connectivity index (χ0n) is 9.67. The lowest BCUT2D eigenvalue weighted by atomic mass is 10.2. The summed E-state index contributed by atoms with van der Waals surface area (Å²) in [7, 11) is 0. The molecule has 18 heavy (non-hydrogen) atoms. The molecule has 2 rings (SSSR count). The Morgan fingerprint density at radius 3 is 2.22 bits per heavy atom. The molecule has 3 nitrogen and oxygen atoms in total. The van der Waals surface area contributed by atoms with Gasteiger partial charge in [-0.25, -0.2) is 0 Å². The average Bonchev–Trinajstić information content (AvgIpc) is 2.39. The summed E-state index contributed by atoms with van der Waals surface area (Å²) >= 11 is 3.64. The van der Waals surface area contributed by atoms with Gasteiger partial charge in [0.05, 0.1) is 0 Å². The second kappa shape index (κ2) is 6.12. The van der Waals surface area contributed by atoms with E-state index in [1.54, 1.807) is 0 Å². The Morgan fingerprint density at radius 1 is 1.00 bits per heavy atom. The third-order valence-corrected chi connectivity index (χ3v) is 2.50. The Balaban J connectivity index is 1.97. The predicted molar refractivity (Wildman–Crippen MR) is 74.2 cm³/mol. The Hall–Kier alpha value is -1.94. The first-order chi connectivity index (χ1) is 8.74. The maximum Gasteiger partial charge on any atom is 0.276 e. The number of para-hydroxylation sites is 1. The van der Waals surface area contributed by atoms with Gasteiger partial charge in [0.2, 0.25) is 0 Å². The molecule has 0 unspecified atom stereocenters. The van der Waals surface area contributed by atoms with E-state index in [-0.39, 0.29) is 5.24 Å². The predicted octanol–water partition coefficient (Wildman–Crippen LogP) is 3.62. The number of benzene rings is 2. The van der Waals surface area contributed by atoms with Crippen LogP contribution in [-0.2, 0) is 6.54 Å². The van der Waals surface area contributed by atoms with Crippen molar-refractivity contribution in [2.75, 3.05) is 0 Å². The molecule has 0 bridgehead atoms. The van der Waals surface area contributed by atoms with Crippen LogP contribution in [0.2, 0.25) is 0 Å². The summed E-state index contributed by atoms with van der Waals surface area (Å²) in [5.41, 5.74) is 0.998. The van der Waals surface area contributed by atoms with Gasteiger partial charge in [-0.15, -0.1) is 0 Å². The fourth-order valence-corrected chi connectivity index (χ4v) is 1.56. The zero-order chi connectivity index (χ0) is 12.8. The van der Waals surface area contributed by atoms with Gasteiger partial charge in [-0.3, -0.25) is 4.79 Å². The van der Waals surface area contributed by atoms with E-state index in [1.165, 1.54) is 0 Å². The van der Waals surface area contributed by atoms with Crippen LogP contribution >= 0.6 is 12.6 Å². The van der Waals surface area contributed by atoms with Crippen molar-refractivity contribution in [2.24, 2.45) is 0 Å². The Kier molecular flexibility index (Phi) is 4.25. The number of ether oxygens (including phenoxy) is 1. The Bertz CT molecular complexity index is 511. The van der Waals surface area contributed by atoms with E-state index in [2.05, 4.69) is 17.9 Å². The molecule has 0 heterocycles. The monoisotopic (exact) mass is 259 g/mol. The first kappa shape index (κ1) is 12.5. The highest BCUT2D eigenvalue weighted by Gasteiger charge is 1.98. The first-order valence-electron chi connectivity index (χ1n) is 5.53. The molecule has 92 valence electrons. The molecule has 0 saturated heterocycles. The summed E-state index contributed by atoms with van der Waals surface area (Å²) in [6.45, 7) is 0.466. The Labute approximate surface area is 111 Å². The molecular weight excluding hydrogens is 246 g/mol. The first-order valence-corrected chi connectivity index (χ1v) is 5.97. The van der Waals surface area contributed by atoms with E-state index >= 15 is 0 Å². The lowest BCUT2D eigenvalue weighted by Gasteiger charge is -2.06. The molecule has 0 aliphatic heterocycles. The van der Waals surface area contributed by atoms with E-state index in [0.29, 0.717) is 6.54 Å². The minimum Gasteiger partial charge on any atom is -0.457 e. The summed E-state index contributed by atoms with van der Waals surface area (Å²) in [5, 5.41) is 2.28. The van der Waals surface area contributed by atoms with Crippen LogP contribution in [-0.4, -0.2) is 5.24 Å². The third kappa shape index (κ3) is 3.82. The van der Waals surface area contributed by atoms with Crippen LogP contribution in [0.15, 0.2) is 54.6 Å². The van der Waals surface area contributed by atoms with Crippen LogP contribution < -0.4 is 10.1 Å². The SMILES string of the molecule is O=C(S)NCc1ccc(Oc2ccccc2)cc1. The van der Waals surface area contributed by atoms with Gasteiger partial charge in [0.15, 0.2) is 0 Å². The van der Waals surface area contributed by atoms with Crippen molar-refractivity contribution in [1.29, 1.82) is 0 Å². The summed E-state index contributed by atoms with van der Waals surface area (Å²) in [5.74, 6) is 1.57. The molecule has 2 aromatic carbocycles. The van der Waals surface area contributed by atoms with Gasteiger partial charge in [-0.05, 0) is 29.8 Å². The summed E-state index contributed by atoms with van der Waals surface area (Å²) in [4.78, 5) is 10.7. The van der Waals surface area contributed by atoms with Crippen molar-refractivity contribution in [3.05, 3.63) is 60.2 Å². The van der Waals surface area contributed by atoms with Crippen molar-refractivity contribution in [2.45, 2.75) is 6.54 Å². The van der Waals surface area contributed by atoms with Crippen molar-refractivity contribution in [1.82, 2.24) is 5.32 Å². The van der Waals surface area contributed by atoms with Gasteiger partial charge in [-0.2, -0.15) is 0 Å². The van der Waals surface area contributed by atoms with E-state index in [0.717, 1.165) is 17.1 Å². The molecule has 0 atom stereocenters. The molecule has 0 spiro atoms. The van der Waals surface area contributed by atoms with E-state index < -0.39 is 0 Å². The summed E-state index contributed by atoms with van der Waals surface area (Å²) in [6.07, 6.45) is 0. The lowest BCUT2D eigenvalue weighted by molar-refractivity contribution is 0.260. The van der Waals surface area contributed by atoms with Crippen molar-refractivity contribution < 1.29 is 9.53 Å². The molecule has 2 aromatic rings. The van der Waals surface area contributed by atoms with Crippen LogP contribution in [0.3, 0.4) is 0 Å². The van der Waals surface area contributed by atoms with E-state index in [4.69, 9.17) is 4.74 Å². The third-order valence-electron chi connectivity index (χ3n) is 2.35. The smallest absolute Gasteiger partial charge is 0.276 e. The minimum absolute atomic E-state index is 0.334. The molecule has 4 heteroatoms. The lowest BCUT2D eigenvalue weighted by Crippen LogP contribution is -2.15. The van der Waals surface area contributed by atoms with Gasteiger partial charge in [0, 0.05) is 6.54 Å². The number of nitrogens with one attached hydrogen (secondary N) is 1. The maximum atomic E-state index is 10.7. The number of hydrogen-bond donors (Lipinski definition) is 2. The van der Waals surface area contributed by atoms with E-state index in [9.17, 15) is 4.79 Å². The highest BCUT2D eigenvalue weighted by molar-refractivity contribution is 7.96. The second-order valence-electron chi connectivity index (χ2n) is 3.72. The van der Waals surface area contributed by atoms with Gasteiger partial charge in [0.1, 0.15) is 11.5 Å². The standard InChI is InChI=1S/C14H13NO2S/c16-14(18)15-10-11-6-8-13(9-7-11)17-12-4-2-1-3-5-12/h1-9H,10H2,(H2,15,16,18). The molecular formula is C14H13NO2S. The number of carbonyl (C=O) groups is 1. The largest absolute Gasteiger partial charge is 0.457 e. The molecule has 0 fully saturated rings. The highest BCUT2D eigenvalue weighted by atomic mass is 32.1. The number of rotatable bonds is 4. The van der Waals surface area contributed by atoms with Crippen LogP contribution in [0, 0.1) is 0 Å². The quantitative estimate of drug-likeness (QED) is 0.823. The molecule has 0 aromatic heterocycles. The number of amides is 1. The summed E-state index contributed by atoms with van der Waals surface area (Å²) in [6, 6.07) is 17.1. The second-order valence-corrected chi connectivity index (χ2v) is 4.12. The van der Waals surface area contributed by atoms with Gasteiger partial charge in [-0.1, -0.05) is 43.0 Å². The normalized spacial score (nSPS) is 9.83. The average molecular weight is 259 g/mol. The zero-order valence-corrected chi connectivity index (χ0v) is 10.6. The van der Waals surface area contributed by atoms with Crippen LogP contribution in [0.1, 0.15) is 5.56 Å². The number of thiol groups is 1. The fraction of sp³-hybridized carbons (Fsp3) is 0.0714. The van der Waals surface area contributed by atoms with Crippen molar-refractivity contribution >= 4 is 17.9 Å². The molecule has 0 aliphatic rings. The van der Waals surface area contributed by atoms with E-state index in [1.807, 2.05) is 54.6 Å². The van der Waals surface area contributed by atoms with Gasteiger partial charge >= 0.3 is 0 Å². The van der Waals surface area contributed by atoms with Crippen LogP contribution in [0.5, 0.6) is 11.5 Å². The Morgan fingerprint density at radius 2 is 1.61 bits per heavy atom. The minimum atomic E-state index is -0.334. The molecule has 0 saturated carbocycles. The van der Waals surface area contributed by atoms with Gasteiger partial charge in [0.25, 0.3) is 5.24 Å². The topological polar surface area (TPSA) is 38.3 Å². The molecule has 0 radical (unpaired) electrons. The number of hydrogen-bond acceptors (Lipinski definition) is 2. The van der Waals surface area contributed by atoms with Crippen molar-refractivity contribution in [3.63, 3.8) is 0 Å². The fourth-order valence-electron chi connectivity index (χ4n) is 1.48. The van der Waals surface area contributed by atoms with Crippen molar-refractivity contribution in [3.8, 4) is 11.5 Å².